The number of aromatic nitrogens is 1. The maximum Gasteiger partial charge on any atom is 0.191 e. The van der Waals surface area contributed by atoms with E-state index in [2.05, 4.69) is 40.7 Å². The number of aryl methyl sites for hydroxylation is 1. The number of benzene rings is 2. The molecule has 0 atom stereocenters. The molecule has 1 aromatic heterocycles. The molecule has 6 heteroatoms. The van der Waals surface area contributed by atoms with Crippen LogP contribution in [0.5, 0.6) is 5.75 Å². The molecule has 0 aliphatic heterocycles. The zero-order valence-corrected chi connectivity index (χ0v) is 17.3. The van der Waals surface area contributed by atoms with Crippen molar-refractivity contribution in [3.63, 3.8) is 0 Å². The first kappa shape index (κ1) is 19.9. The first-order valence-corrected chi connectivity index (χ1v) is 10.1. The van der Waals surface area contributed by atoms with Gasteiger partial charge in [-0.15, -0.1) is 11.3 Å². The van der Waals surface area contributed by atoms with E-state index >= 15 is 0 Å². The van der Waals surface area contributed by atoms with Gasteiger partial charge in [-0.05, 0) is 25.0 Å². The Morgan fingerprint density at radius 2 is 1.82 bits per heavy atom. The first-order chi connectivity index (χ1) is 13.7. The average Bonchev–Trinajstić information content (AvgIpc) is 3.12. The van der Waals surface area contributed by atoms with E-state index in [0.717, 1.165) is 40.9 Å². The lowest BCUT2D eigenvalue weighted by Crippen LogP contribution is -2.37. The molecule has 0 unspecified atom stereocenters. The quantitative estimate of drug-likeness (QED) is 0.469. The number of rotatable bonds is 7. The molecule has 2 N–H and O–H groups in total. The summed E-state index contributed by atoms with van der Waals surface area (Å²) in [5.41, 5.74) is 3.39. The minimum atomic E-state index is 0.699. The number of nitrogens with one attached hydrogen (secondary N) is 2. The van der Waals surface area contributed by atoms with Crippen LogP contribution in [0.1, 0.15) is 16.1 Å². The fourth-order valence-corrected chi connectivity index (χ4v) is 3.91. The Bertz CT molecular complexity index is 921. The van der Waals surface area contributed by atoms with Crippen LogP contribution >= 0.6 is 11.3 Å². The smallest absolute Gasteiger partial charge is 0.191 e. The zero-order valence-electron chi connectivity index (χ0n) is 16.5. The van der Waals surface area contributed by atoms with Crippen LogP contribution < -0.4 is 15.4 Å². The van der Waals surface area contributed by atoms with Gasteiger partial charge in [-0.2, -0.15) is 0 Å². The summed E-state index contributed by atoms with van der Waals surface area (Å²) in [4.78, 5) is 10.2. The summed E-state index contributed by atoms with van der Waals surface area (Å²) < 4.78 is 5.41. The van der Waals surface area contributed by atoms with E-state index in [1.165, 1.54) is 10.4 Å². The summed E-state index contributed by atoms with van der Waals surface area (Å²) >= 11 is 1.72. The average molecular weight is 395 g/mol. The summed E-state index contributed by atoms with van der Waals surface area (Å²) in [6.07, 6.45) is 0.864. The van der Waals surface area contributed by atoms with Gasteiger partial charge in [0.15, 0.2) is 5.96 Å². The SMILES string of the molecule is CN=C(NCCc1ccccc1OC)NCc1sc(-c2ccccc2)nc1C. The molecule has 28 heavy (non-hydrogen) atoms. The summed E-state index contributed by atoms with van der Waals surface area (Å²) in [6.45, 7) is 3.53. The van der Waals surface area contributed by atoms with Crippen LogP contribution in [-0.4, -0.2) is 31.6 Å². The van der Waals surface area contributed by atoms with Gasteiger partial charge in [0.05, 0.1) is 19.3 Å². The minimum absolute atomic E-state index is 0.699. The molecule has 0 fully saturated rings. The van der Waals surface area contributed by atoms with E-state index < -0.39 is 0 Å². The van der Waals surface area contributed by atoms with Crippen molar-refractivity contribution in [1.82, 2.24) is 15.6 Å². The molecular formula is C22H26N4OS. The fourth-order valence-electron chi connectivity index (χ4n) is 2.91. The molecule has 146 valence electrons. The Kier molecular flexibility index (Phi) is 7.03. The van der Waals surface area contributed by atoms with Crippen LogP contribution in [-0.2, 0) is 13.0 Å². The van der Waals surface area contributed by atoms with Gasteiger partial charge < -0.3 is 15.4 Å². The van der Waals surface area contributed by atoms with Crippen LogP contribution in [0.25, 0.3) is 10.6 Å². The van der Waals surface area contributed by atoms with Crippen molar-refractivity contribution < 1.29 is 4.74 Å². The van der Waals surface area contributed by atoms with E-state index in [1.54, 1.807) is 25.5 Å². The van der Waals surface area contributed by atoms with Gasteiger partial charge in [0.2, 0.25) is 0 Å². The molecule has 3 rings (SSSR count). The number of hydrogen-bond donors (Lipinski definition) is 2. The van der Waals surface area contributed by atoms with Gasteiger partial charge in [0.25, 0.3) is 0 Å². The lowest BCUT2D eigenvalue weighted by atomic mass is 10.1. The van der Waals surface area contributed by atoms with E-state index in [-0.39, 0.29) is 0 Å². The highest BCUT2D eigenvalue weighted by Crippen LogP contribution is 2.27. The number of thiazole rings is 1. The molecule has 0 amide bonds. The number of ether oxygens (including phenoxy) is 1. The third-order valence-electron chi connectivity index (χ3n) is 4.43. The summed E-state index contributed by atoms with van der Waals surface area (Å²) in [7, 11) is 3.49. The Labute approximate surface area is 170 Å². The van der Waals surface area contributed by atoms with Gasteiger partial charge in [-0.3, -0.25) is 4.99 Å². The molecule has 2 aromatic carbocycles. The predicted octanol–water partition coefficient (Wildman–Crippen LogP) is 4.03. The molecule has 1 heterocycles. The molecule has 3 aromatic rings. The zero-order chi connectivity index (χ0) is 19.8. The highest BCUT2D eigenvalue weighted by molar-refractivity contribution is 7.15. The van der Waals surface area contributed by atoms with E-state index in [9.17, 15) is 0 Å². The topological polar surface area (TPSA) is 58.5 Å². The van der Waals surface area contributed by atoms with Crippen molar-refractivity contribution in [2.75, 3.05) is 20.7 Å². The number of para-hydroxylation sites is 1. The highest BCUT2D eigenvalue weighted by Gasteiger charge is 2.10. The second kappa shape index (κ2) is 9.90. The summed E-state index contributed by atoms with van der Waals surface area (Å²) in [5, 5.41) is 7.80. The van der Waals surface area contributed by atoms with E-state index in [1.807, 2.05) is 36.4 Å². The Morgan fingerprint density at radius 1 is 1.07 bits per heavy atom. The first-order valence-electron chi connectivity index (χ1n) is 9.29. The molecule has 0 radical (unpaired) electrons. The van der Waals surface area contributed by atoms with Gasteiger partial charge in [-0.25, -0.2) is 4.98 Å². The number of hydrogen-bond acceptors (Lipinski definition) is 4. The van der Waals surface area contributed by atoms with Crippen LogP contribution in [0.2, 0.25) is 0 Å². The molecular weight excluding hydrogens is 368 g/mol. The molecule has 0 bridgehead atoms. The van der Waals surface area contributed by atoms with Gasteiger partial charge in [0.1, 0.15) is 10.8 Å². The Balaban J connectivity index is 1.54. The molecule has 0 aliphatic carbocycles. The molecule has 0 spiro atoms. The molecule has 0 saturated heterocycles. The third-order valence-corrected chi connectivity index (χ3v) is 5.64. The number of nitrogens with zero attached hydrogens (tertiary/aromatic N) is 2. The lowest BCUT2D eigenvalue weighted by Gasteiger charge is -2.12. The van der Waals surface area contributed by atoms with E-state index in [0.29, 0.717) is 6.54 Å². The van der Waals surface area contributed by atoms with Gasteiger partial charge >= 0.3 is 0 Å². The Hall–Kier alpha value is -2.86. The lowest BCUT2D eigenvalue weighted by molar-refractivity contribution is 0.409. The van der Waals surface area contributed by atoms with Gasteiger partial charge in [-0.1, -0.05) is 48.5 Å². The van der Waals surface area contributed by atoms with Crippen molar-refractivity contribution in [2.45, 2.75) is 19.9 Å². The van der Waals surface area contributed by atoms with Crippen LogP contribution in [0.4, 0.5) is 0 Å². The predicted molar refractivity (Wildman–Crippen MR) is 117 cm³/mol. The standard InChI is InChI=1S/C22H26N4OS/c1-16-20(28-21(26-16)18-10-5-4-6-11-18)15-25-22(23-2)24-14-13-17-9-7-8-12-19(17)27-3/h4-12H,13-15H2,1-3H3,(H2,23,24,25). The number of guanidine groups is 1. The van der Waals surface area contributed by atoms with Crippen molar-refractivity contribution in [2.24, 2.45) is 4.99 Å². The van der Waals surface area contributed by atoms with Crippen LogP contribution in [0, 0.1) is 6.92 Å². The van der Waals surface area contributed by atoms with Crippen molar-refractivity contribution in [3.05, 3.63) is 70.7 Å². The second-order valence-electron chi connectivity index (χ2n) is 6.31. The maximum atomic E-state index is 5.41. The third kappa shape index (κ3) is 5.10. The molecule has 0 saturated carbocycles. The fraction of sp³-hybridized carbons (Fsp3) is 0.273. The molecule has 5 nitrogen and oxygen atoms in total. The maximum absolute atomic E-state index is 5.41. The van der Waals surface area contributed by atoms with Crippen molar-refractivity contribution >= 4 is 17.3 Å². The van der Waals surface area contributed by atoms with Crippen LogP contribution in [0.15, 0.2) is 59.6 Å². The Morgan fingerprint density at radius 3 is 2.57 bits per heavy atom. The normalized spacial score (nSPS) is 11.3. The summed E-state index contributed by atoms with van der Waals surface area (Å²) in [6, 6.07) is 18.4. The van der Waals surface area contributed by atoms with Gasteiger partial charge in [0, 0.05) is 24.0 Å². The largest absolute Gasteiger partial charge is 0.496 e. The second-order valence-corrected chi connectivity index (χ2v) is 7.39. The number of aliphatic imine (C=N–C) groups is 1. The highest BCUT2D eigenvalue weighted by atomic mass is 32.1. The minimum Gasteiger partial charge on any atom is -0.496 e. The van der Waals surface area contributed by atoms with Crippen LogP contribution in [0.3, 0.4) is 0 Å². The number of methoxy groups -OCH3 is 1. The molecule has 0 aliphatic rings. The summed E-state index contributed by atoms with van der Waals surface area (Å²) in [5.74, 6) is 1.70. The van der Waals surface area contributed by atoms with Crippen molar-refractivity contribution in [1.29, 1.82) is 0 Å². The monoisotopic (exact) mass is 394 g/mol. The van der Waals surface area contributed by atoms with E-state index in [4.69, 9.17) is 9.72 Å². The van der Waals surface area contributed by atoms with Crippen molar-refractivity contribution in [3.8, 4) is 16.3 Å².